The second kappa shape index (κ2) is 7.49. The summed E-state index contributed by atoms with van der Waals surface area (Å²) in [6, 6.07) is 4.19. The second-order valence-corrected chi connectivity index (χ2v) is 5.57. The highest BCUT2D eigenvalue weighted by Gasteiger charge is 2.16. The number of aryl methyl sites for hydroxylation is 1. The Labute approximate surface area is 116 Å². The molecule has 0 unspecified atom stereocenters. The molecule has 0 amide bonds. The van der Waals surface area contributed by atoms with Crippen molar-refractivity contribution in [3.8, 4) is 5.88 Å². The van der Waals surface area contributed by atoms with Crippen molar-refractivity contribution in [3.05, 3.63) is 23.4 Å². The molecule has 0 radical (unpaired) electrons. The predicted molar refractivity (Wildman–Crippen MR) is 78.4 cm³/mol. The fourth-order valence-electron chi connectivity index (χ4n) is 2.40. The van der Waals surface area contributed by atoms with Crippen LogP contribution in [0.15, 0.2) is 12.1 Å². The fraction of sp³-hybridized carbons (Fsp3) is 0.688. The summed E-state index contributed by atoms with van der Waals surface area (Å²) in [6.07, 6.45) is 6.52. The lowest BCUT2D eigenvalue weighted by atomic mass is 9.83. The van der Waals surface area contributed by atoms with Crippen LogP contribution in [0.4, 0.5) is 0 Å². The normalized spacial score (nSPS) is 15.3. The van der Waals surface area contributed by atoms with Gasteiger partial charge in [0.25, 0.3) is 0 Å². The summed E-state index contributed by atoms with van der Waals surface area (Å²) in [6.45, 7) is 6.97. The van der Waals surface area contributed by atoms with Crippen LogP contribution in [0.1, 0.15) is 50.3 Å². The number of pyridine rings is 1. The highest BCUT2D eigenvalue weighted by molar-refractivity contribution is 5.24. The summed E-state index contributed by atoms with van der Waals surface area (Å²) in [4.78, 5) is 4.45. The first-order valence-electron chi connectivity index (χ1n) is 7.59. The lowest BCUT2D eigenvalue weighted by molar-refractivity contribution is 0.217. The monoisotopic (exact) mass is 262 g/mol. The van der Waals surface area contributed by atoms with Gasteiger partial charge in [0.1, 0.15) is 0 Å². The third-order valence-corrected chi connectivity index (χ3v) is 3.75. The van der Waals surface area contributed by atoms with Crippen LogP contribution >= 0.6 is 0 Å². The number of aromatic nitrogens is 1. The Kier molecular flexibility index (Phi) is 5.64. The molecule has 1 aromatic heterocycles. The van der Waals surface area contributed by atoms with Gasteiger partial charge in [0, 0.05) is 18.3 Å². The minimum absolute atomic E-state index is 0.785. The van der Waals surface area contributed by atoms with E-state index in [0.717, 1.165) is 43.6 Å². The molecule has 1 saturated carbocycles. The van der Waals surface area contributed by atoms with Crippen molar-refractivity contribution >= 4 is 0 Å². The first kappa shape index (κ1) is 14.3. The summed E-state index contributed by atoms with van der Waals surface area (Å²) in [5.41, 5.74) is 2.30. The molecule has 1 N–H and O–H groups in total. The molecule has 3 nitrogen and oxygen atoms in total. The molecule has 1 fully saturated rings. The fourth-order valence-corrected chi connectivity index (χ4v) is 2.40. The second-order valence-electron chi connectivity index (χ2n) is 5.57. The minimum atomic E-state index is 0.785. The van der Waals surface area contributed by atoms with Gasteiger partial charge in [-0.25, -0.2) is 4.98 Å². The van der Waals surface area contributed by atoms with E-state index in [1.54, 1.807) is 0 Å². The zero-order chi connectivity index (χ0) is 13.5. The van der Waals surface area contributed by atoms with Crippen molar-refractivity contribution in [3.63, 3.8) is 0 Å². The molecule has 0 saturated heterocycles. The van der Waals surface area contributed by atoms with Gasteiger partial charge in [-0.05, 0) is 43.9 Å². The van der Waals surface area contributed by atoms with Crippen LogP contribution in [-0.4, -0.2) is 18.1 Å². The van der Waals surface area contributed by atoms with Crippen molar-refractivity contribution in [1.29, 1.82) is 0 Å². The van der Waals surface area contributed by atoms with Gasteiger partial charge in [-0.2, -0.15) is 0 Å². The molecule has 0 aliphatic heterocycles. The van der Waals surface area contributed by atoms with E-state index in [1.165, 1.54) is 31.2 Å². The Morgan fingerprint density at radius 1 is 1.37 bits per heavy atom. The van der Waals surface area contributed by atoms with E-state index in [1.807, 2.05) is 6.92 Å². The van der Waals surface area contributed by atoms with E-state index in [4.69, 9.17) is 4.74 Å². The summed E-state index contributed by atoms with van der Waals surface area (Å²) in [5.74, 6) is 1.68. The number of nitrogens with zero attached hydrogens (tertiary/aromatic N) is 1. The molecule has 1 aliphatic rings. The molecule has 3 heteroatoms. The molecule has 0 spiro atoms. The summed E-state index contributed by atoms with van der Waals surface area (Å²) in [7, 11) is 0. The average Bonchev–Trinajstić information content (AvgIpc) is 2.32. The van der Waals surface area contributed by atoms with E-state index >= 15 is 0 Å². The maximum Gasteiger partial charge on any atom is 0.213 e. The van der Waals surface area contributed by atoms with Crippen LogP contribution in [-0.2, 0) is 6.54 Å². The van der Waals surface area contributed by atoms with E-state index in [0.29, 0.717) is 0 Å². The van der Waals surface area contributed by atoms with E-state index < -0.39 is 0 Å². The Morgan fingerprint density at radius 2 is 2.21 bits per heavy atom. The van der Waals surface area contributed by atoms with E-state index in [9.17, 15) is 0 Å². The lowest BCUT2D eigenvalue weighted by Crippen LogP contribution is -2.16. The molecule has 0 atom stereocenters. The maximum atomic E-state index is 5.80. The van der Waals surface area contributed by atoms with E-state index in [-0.39, 0.29) is 0 Å². The molecule has 19 heavy (non-hydrogen) atoms. The van der Waals surface area contributed by atoms with Crippen LogP contribution in [0.5, 0.6) is 5.88 Å². The maximum absolute atomic E-state index is 5.80. The summed E-state index contributed by atoms with van der Waals surface area (Å²) >= 11 is 0. The molecular weight excluding hydrogens is 236 g/mol. The number of hydrogen-bond acceptors (Lipinski definition) is 3. The van der Waals surface area contributed by atoms with Crippen LogP contribution in [0.2, 0.25) is 0 Å². The number of rotatable bonds is 8. The van der Waals surface area contributed by atoms with Crippen molar-refractivity contribution in [1.82, 2.24) is 10.3 Å². The topological polar surface area (TPSA) is 34.2 Å². The minimum Gasteiger partial charge on any atom is -0.478 e. The quantitative estimate of drug-likeness (QED) is 0.729. The smallest absolute Gasteiger partial charge is 0.213 e. The number of nitrogens with one attached hydrogen (secondary N) is 1. The van der Waals surface area contributed by atoms with Crippen molar-refractivity contribution < 1.29 is 4.74 Å². The predicted octanol–water partition coefficient (Wildman–Crippen LogP) is 3.46. The molecule has 2 rings (SSSR count). The van der Waals surface area contributed by atoms with Gasteiger partial charge in [0.05, 0.1) is 6.61 Å². The molecule has 106 valence electrons. The Morgan fingerprint density at radius 3 is 2.89 bits per heavy atom. The molecular formula is C16H26N2O. The van der Waals surface area contributed by atoms with Crippen molar-refractivity contribution in [2.75, 3.05) is 13.2 Å². The first-order valence-corrected chi connectivity index (χ1v) is 7.59. The average molecular weight is 262 g/mol. The first-order chi connectivity index (χ1) is 9.28. The summed E-state index contributed by atoms with van der Waals surface area (Å²) in [5, 5.41) is 3.42. The Balaban J connectivity index is 1.80. The number of ether oxygens (including phenoxy) is 1. The molecule has 1 aromatic rings. The van der Waals surface area contributed by atoms with Gasteiger partial charge in [0.2, 0.25) is 5.88 Å². The zero-order valence-corrected chi connectivity index (χ0v) is 12.2. The standard InChI is InChI=1S/C16H26N2O/c1-3-8-17-12-15-10-13(2)18-16(11-15)19-9-7-14-5-4-6-14/h10-11,14,17H,3-9,12H2,1-2H3. The van der Waals surface area contributed by atoms with Crippen molar-refractivity contribution in [2.24, 2.45) is 5.92 Å². The van der Waals surface area contributed by atoms with Crippen LogP contribution in [0, 0.1) is 12.8 Å². The Hall–Kier alpha value is -1.09. The molecule has 1 heterocycles. The van der Waals surface area contributed by atoms with E-state index in [2.05, 4.69) is 29.4 Å². The van der Waals surface area contributed by atoms with Crippen LogP contribution in [0.25, 0.3) is 0 Å². The molecule has 0 aromatic carbocycles. The number of hydrogen-bond donors (Lipinski definition) is 1. The SMILES string of the molecule is CCCNCc1cc(C)nc(OCCC2CCC2)c1. The zero-order valence-electron chi connectivity index (χ0n) is 12.2. The van der Waals surface area contributed by atoms with Crippen LogP contribution in [0.3, 0.4) is 0 Å². The summed E-state index contributed by atoms with van der Waals surface area (Å²) < 4.78 is 5.80. The lowest BCUT2D eigenvalue weighted by Gasteiger charge is -2.24. The van der Waals surface area contributed by atoms with Crippen molar-refractivity contribution in [2.45, 2.75) is 52.5 Å². The van der Waals surface area contributed by atoms with Gasteiger partial charge in [0.15, 0.2) is 0 Å². The van der Waals surface area contributed by atoms with Gasteiger partial charge in [-0.1, -0.05) is 26.2 Å². The Bertz CT molecular complexity index is 388. The molecule has 1 aliphatic carbocycles. The van der Waals surface area contributed by atoms with Gasteiger partial charge >= 0.3 is 0 Å². The van der Waals surface area contributed by atoms with Gasteiger partial charge in [-0.3, -0.25) is 0 Å². The highest BCUT2D eigenvalue weighted by atomic mass is 16.5. The largest absolute Gasteiger partial charge is 0.478 e. The third-order valence-electron chi connectivity index (χ3n) is 3.75. The third kappa shape index (κ3) is 4.83. The highest BCUT2D eigenvalue weighted by Crippen LogP contribution is 2.29. The van der Waals surface area contributed by atoms with Gasteiger partial charge in [-0.15, -0.1) is 0 Å². The molecule has 0 bridgehead atoms. The van der Waals surface area contributed by atoms with Crippen LogP contribution < -0.4 is 10.1 Å². The van der Waals surface area contributed by atoms with Gasteiger partial charge < -0.3 is 10.1 Å².